The lowest BCUT2D eigenvalue weighted by Gasteiger charge is -2.35. The lowest BCUT2D eigenvalue weighted by atomic mass is 10.0. The molecule has 2 aromatic heterocycles. The summed E-state index contributed by atoms with van der Waals surface area (Å²) >= 11 is 0. The quantitative estimate of drug-likeness (QED) is 0.663. The highest BCUT2D eigenvalue weighted by molar-refractivity contribution is 5.78. The average molecular weight is 396 g/mol. The Morgan fingerprint density at radius 1 is 1.21 bits per heavy atom. The highest BCUT2D eigenvalue weighted by Crippen LogP contribution is 2.24. The van der Waals surface area contributed by atoms with Gasteiger partial charge in [-0.3, -0.25) is 9.58 Å². The number of fused-ring (bicyclic) bond motifs is 1. The second-order valence-electron chi connectivity index (χ2n) is 7.49. The second-order valence-corrected chi connectivity index (χ2v) is 7.49. The molecule has 0 bridgehead atoms. The largest absolute Gasteiger partial charge is 0.497 e. The minimum absolute atomic E-state index is 0.293. The topological polar surface area (TPSA) is 64.4 Å². The molecule has 1 aromatic carbocycles. The van der Waals surface area contributed by atoms with E-state index in [-0.39, 0.29) is 0 Å². The van der Waals surface area contributed by atoms with E-state index in [1.807, 2.05) is 37.0 Å². The van der Waals surface area contributed by atoms with Crippen LogP contribution in [0.15, 0.2) is 36.5 Å². The van der Waals surface area contributed by atoms with Crippen molar-refractivity contribution in [1.29, 1.82) is 0 Å². The first-order chi connectivity index (χ1) is 14.2. The molecule has 1 aliphatic heterocycles. The summed E-state index contributed by atoms with van der Waals surface area (Å²) in [6.07, 6.45) is 1.94. The first-order valence-corrected chi connectivity index (χ1v) is 10.1. The summed E-state index contributed by atoms with van der Waals surface area (Å²) in [7, 11) is 3.63. The fraction of sp³-hybridized carbons (Fsp3) is 0.455. The molecule has 1 saturated heterocycles. The molecule has 29 heavy (non-hydrogen) atoms. The second kappa shape index (κ2) is 8.90. The number of morpholine rings is 1. The van der Waals surface area contributed by atoms with Gasteiger partial charge >= 0.3 is 0 Å². The monoisotopic (exact) mass is 395 g/mol. The predicted octanol–water partition coefficient (Wildman–Crippen LogP) is 2.45. The van der Waals surface area contributed by atoms with Crippen LogP contribution < -0.4 is 10.1 Å². The zero-order valence-corrected chi connectivity index (χ0v) is 17.4. The van der Waals surface area contributed by atoms with Crippen LogP contribution in [-0.2, 0) is 18.3 Å². The normalized spacial score (nSPS) is 16.2. The minimum Gasteiger partial charge on any atom is -0.497 e. The van der Waals surface area contributed by atoms with E-state index in [0.717, 1.165) is 61.9 Å². The molecule has 0 radical (unpaired) electrons. The zero-order valence-electron chi connectivity index (χ0n) is 17.4. The predicted molar refractivity (Wildman–Crippen MR) is 113 cm³/mol. The maximum Gasteiger partial charge on any atom is 0.157 e. The third-order valence-electron chi connectivity index (χ3n) is 5.57. The van der Waals surface area contributed by atoms with Crippen LogP contribution in [0.4, 0.5) is 0 Å². The van der Waals surface area contributed by atoms with E-state index in [9.17, 15) is 0 Å². The summed E-state index contributed by atoms with van der Waals surface area (Å²) in [5.74, 6) is 0.883. The van der Waals surface area contributed by atoms with Gasteiger partial charge < -0.3 is 14.8 Å². The molecule has 0 amide bonds. The van der Waals surface area contributed by atoms with Crippen LogP contribution >= 0.6 is 0 Å². The van der Waals surface area contributed by atoms with Crippen molar-refractivity contribution in [2.75, 3.05) is 40.0 Å². The number of aryl methyl sites for hydroxylation is 2. The maximum absolute atomic E-state index is 5.55. The first kappa shape index (κ1) is 19.8. The Morgan fingerprint density at radius 3 is 2.69 bits per heavy atom. The molecule has 3 aromatic rings. The van der Waals surface area contributed by atoms with E-state index in [1.54, 1.807) is 7.11 Å². The number of ether oxygens (including phenoxy) is 2. The smallest absolute Gasteiger partial charge is 0.157 e. The van der Waals surface area contributed by atoms with E-state index >= 15 is 0 Å². The van der Waals surface area contributed by atoms with E-state index in [2.05, 4.69) is 38.5 Å². The van der Waals surface area contributed by atoms with E-state index < -0.39 is 0 Å². The van der Waals surface area contributed by atoms with Crippen LogP contribution in [0.25, 0.3) is 11.0 Å². The number of hydrogen-bond donors (Lipinski definition) is 1. The Bertz CT molecular complexity index is 948. The molecule has 1 fully saturated rings. The van der Waals surface area contributed by atoms with E-state index in [0.29, 0.717) is 6.04 Å². The van der Waals surface area contributed by atoms with Gasteiger partial charge in [0.05, 0.1) is 26.0 Å². The number of aromatic nitrogens is 3. The highest BCUT2D eigenvalue weighted by atomic mass is 16.5. The summed E-state index contributed by atoms with van der Waals surface area (Å²) in [5.41, 5.74) is 4.40. The minimum atomic E-state index is 0.293. The van der Waals surface area contributed by atoms with Gasteiger partial charge in [-0.25, -0.2) is 4.98 Å². The summed E-state index contributed by atoms with van der Waals surface area (Å²) in [4.78, 5) is 7.08. The molecule has 1 unspecified atom stereocenters. The average Bonchev–Trinajstić information content (AvgIpc) is 3.05. The number of rotatable bonds is 7. The van der Waals surface area contributed by atoms with Crippen LogP contribution in [0.2, 0.25) is 0 Å². The van der Waals surface area contributed by atoms with Crippen molar-refractivity contribution in [3.05, 3.63) is 53.3 Å². The highest BCUT2D eigenvalue weighted by Gasteiger charge is 2.22. The fourth-order valence-electron chi connectivity index (χ4n) is 3.97. The number of hydrogen-bond acceptors (Lipinski definition) is 6. The van der Waals surface area contributed by atoms with Gasteiger partial charge in [-0.15, -0.1) is 0 Å². The van der Waals surface area contributed by atoms with Gasteiger partial charge in [-0.1, -0.05) is 12.1 Å². The van der Waals surface area contributed by atoms with Crippen molar-refractivity contribution in [3.8, 4) is 5.75 Å². The van der Waals surface area contributed by atoms with Crippen molar-refractivity contribution >= 4 is 11.0 Å². The third kappa shape index (κ3) is 4.42. The SMILES string of the molecule is COc1ccc(C(CNCc2cnc3c(c2)c(C)nn3C)N2CCOCC2)cc1. The molecule has 154 valence electrons. The lowest BCUT2D eigenvalue weighted by molar-refractivity contribution is 0.0161. The molecule has 0 aliphatic carbocycles. The van der Waals surface area contributed by atoms with Gasteiger partial charge in [0.2, 0.25) is 0 Å². The molecular formula is C22H29N5O2. The van der Waals surface area contributed by atoms with Gasteiger partial charge in [-0.05, 0) is 36.2 Å². The number of methoxy groups -OCH3 is 1. The van der Waals surface area contributed by atoms with Crippen molar-refractivity contribution in [2.45, 2.75) is 19.5 Å². The number of nitrogens with one attached hydrogen (secondary N) is 1. The van der Waals surface area contributed by atoms with Crippen molar-refractivity contribution in [2.24, 2.45) is 7.05 Å². The van der Waals surface area contributed by atoms with Crippen LogP contribution in [0.5, 0.6) is 5.75 Å². The van der Waals surface area contributed by atoms with Gasteiger partial charge in [-0.2, -0.15) is 5.10 Å². The molecule has 1 aliphatic rings. The maximum atomic E-state index is 5.55. The Hall–Kier alpha value is -2.48. The van der Waals surface area contributed by atoms with Crippen molar-refractivity contribution in [3.63, 3.8) is 0 Å². The lowest BCUT2D eigenvalue weighted by Crippen LogP contribution is -2.42. The Kier molecular flexibility index (Phi) is 6.08. The summed E-state index contributed by atoms with van der Waals surface area (Å²) in [5, 5.41) is 9.21. The fourth-order valence-corrected chi connectivity index (χ4v) is 3.97. The first-order valence-electron chi connectivity index (χ1n) is 10.1. The molecule has 0 spiro atoms. The number of pyridine rings is 1. The van der Waals surface area contributed by atoms with Crippen molar-refractivity contribution < 1.29 is 9.47 Å². The third-order valence-corrected chi connectivity index (χ3v) is 5.57. The molecular weight excluding hydrogens is 366 g/mol. The molecule has 4 rings (SSSR count). The van der Waals surface area contributed by atoms with E-state index in [1.165, 1.54) is 11.1 Å². The number of nitrogens with zero attached hydrogens (tertiary/aromatic N) is 4. The zero-order chi connectivity index (χ0) is 20.2. The van der Waals surface area contributed by atoms with Crippen LogP contribution in [0.1, 0.15) is 22.9 Å². The Labute approximate surface area is 171 Å². The number of benzene rings is 1. The summed E-state index contributed by atoms with van der Waals surface area (Å²) < 4.78 is 12.7. The van der Waals surface area contributed by atoms with Gasteiger partial charge in [0, 0.05) is 50.9 Å². The van der Waals surface area contributed by atoms with Gasteiger partial charge in [0.15, 0.2) is 5.65 Å². The molecule has 0 saturated carbocycles. The van der Waals surface area contributed by atoms with Crippen LogP contribution in [-0.4, -0.2) is 59.6 Å². The molecule has 1 atom stereocenters. The molecule has 1 N–H and O–H groups in total. The van der Waals surface area contributed by atoms with Crippen LogP contribution in [0, 0.1) is 6.92 Å². The van der Waals surface area contributed by atoms with Crippen molar-refractivity contribution in [1.82, 2.24) is 25.0 Å². The van der Waals surface area contributed by atoms with E-state index in [4.69, 9.17) is 9.47 Å². The Balaban J connectivity index is 1.46. The molecule has 3 heterocycles. The molecule has 7 nitrogen and oxygen atoms in total. The Morgan fingerprint density at radius 2 is 1.97 bits per heavy atom. The van der Waals surface area contributed by atoms with Gasteiger partial charge in [0.1, 0.15) is 5.75 Å². The standard InChI is InChI=1S/C22H29N5O2/c1-16-20-12-17(14-24-22(20)26(2)25-16)13-23-15-21(27-8-10-29-11-9-27)18-4-6-19(28-3)7-5-18/h4-7,12,14,21,23H,8-11,13,15H2,1-3H3. The summed E-state index contributed by atoms with van der Waals surface area (Å²) in [6.45, 7) is 7.12. The van der Waals surface area contributed by atoms with Gasteiger partial charge in [0.25, 0.3) is 0 Å². The molecule has 7 heteroatoms. The van der Waals surface area contributed by atoms with Crippen LogP contribution in [0.3, 0.4) is 0 Å². The summed E-state index contributed by atoms with van der Waals surface area (Å²) in [6, 6.07) is 10.9.